The van der Waals surface area contributed by atoms with Gasteiger partial charge in [0, 0.05) is 29.9 Å². The van der Waals surface area contributed by atoms with Gasteiger partial charge in [-0.3, -0.25) is 0 Å². The topological polar surface area (TPSA) is 53.5 Å². The van der Waals surface area contributed by atoms with Gasteiger partial charge in [-0.05, 0) is 85.3 Å². The summed E-state index contributed by atoms with van der Waals surface area (Å²) in [4.78, 5) is 9.56. The number of hydrogen-bond donors (Lipinski definition) is 0. The summed E-state index contributed by atoms with van der Waals surface area (Å²) in [5.41, 5.74) is 4.73. The molecular formula is C35H50N2O3. The molecule has 40 heavy (non-hydrogen) atoms. The van der Waals surface area contributed by atoms with Crippen molar-refractivity contribution in [3.05, 3.63) is 77.1 Å². The zero-order chi connectivity index (χ0) is 29.1. The number of rotatable bonds is 16. The first-order valence-corrected chi connectivity index (χ1v) is 15.1. The highest BCUT2D eigenvalue weighted by atomic mass is 16.5. The Balaban J connectivity index is 1.65. The lowest BCUT2D eigenvalue weighted by atomic mass is 9.97. The van der Waals surface area contributed by atoms with Crippen molar-refractivity contribution in [3.8, 4) is 17.5 Å². The number of hydrogen-bond acceptors (Lipinski definition) is 5. The highest BCUT2D eigenvalue weighted by Crippen LogP contribution is 2.27. The lowest BCUT2D eigenvalue weighted by molar-refractivity contribution is 0.143. The fourth-order valence-corrected chi connectivity index (χ4v) is 4.66. The smallest absolute Gasteiger partial charge is 0.213 e. The summed E-state index contributed by atoms with van der Waals surface area (Å²) >= 11 is 0. The average Bonchev–Trinajstić information content (AvgIpc) is 2.92. The number of pyridine rings is 2. The molecule has 0 bridgehead atoms. The first-order valence-electron chi connectivity index (χ1n) is 15.1. The first kappa shape index (κ1) is 31.4. The Labute approximate surface area is 242 Å². The quantitative estimate of drug-likeness (QED) is 0.179. The Hall–Kier alpha value is -3.08. The average molecular weight is 547 g/mol. The third kappa shape index (κ3) is 10.1. The first-order chi connectivity index (χ1) is 19.1. The van der Waals surface area contributed by atoms with E-state index in [0.717, 1.165) is 42.8 Å². The van der Waals surface area contributed by atoms with Gasteiger partial charge in [0.05, 0.1) is 13.2 Å². The second-order valence-corrected chi connectivity index (χ2v) is 12.0. The van der Waals surface area contributed by atoms with Crippen LogP contribution in [0.2, 0.25) is 0 Å². The van der Waals surface area contributed by atoms with E-state index in [2.05, 4.69) is 85.7 Å². The van der Waals surface area contributed by atoms with Crippen LogP contribution in [0.3, 0.4) is 0 Å². The van der Waals surface area contributed by atoms with E-state index in [1.165, 1.54) is 11.1 Å². The third-order valence-corrected chi connectivity index (χ3v) is 7.32. The number of nitrogens with zero attached hydrogens (tertiary/aromatic N) is 2. The van der Waals surface area contributed by atoms with Crippen molar-refractivity contribution in [2.24, 2.45) is 5.92 Å². The lowest BCUT2D eigenvalue weighted by Crippen LogP contribution is -2.21. The summed E-state index contributed by atoms with van der Waals surface area (Å²) in [6.45, 7) is 18.8. The fraction of sp³-hybridized carbons (Fsp3) is 0.543. The molecule has 0 amide bonds. The Morgan fingerprint density at radius 2 is 1.32 bits per heavy atom. The molecule has 0 radical (unpaired) electrons. The highest BCUT2D eigenvalue weighted by molar-refractivity contribution is 5.36. The summed E-state index contributed by atoms with van der Waals surface area (Å²) in [5.74, 6) is 4.01. The van der Waals surface area contributed by atoms with Crippen LogP contribution in [0.25, 0.3) is 0 Å². The van der Waals surface area contributed by atoms with Crippen molar-refractivity contribution < 1.29 is 14.2 Å². The molecule has 0 N–H and O–H groups in total. The lowest BCUT2D eigenvalue weighted by Gasteiger charge is -2.22. The van der Waals surface area contributed by atoms with E-state index in [1.807, 2.05) is 24.3 Å². The zero-order valence-electron chi connectivity index (χ0n) is 25.9. The standard InChI is InChI=1S/C35H50N2O3/c1-24(2)19-21-39-34-13-10-12-33(37-34)28(8)16-17-29(40-35-14-9-11-32(36-35)26(5)6)20-22-38-30-18-15-27(7)31(23-30)25(3)4/h9-15,18,23-26,28-29H,16-17,19-22H2,1-8H3. The molecule has 0 saturated carbocycles. The van der Waals surface area contributed by atoms with E-state index in [0.29, 0.717) is 42.7 Å². The molecule has 0 spiro atoms. The van der Waals surface area contributed by atoms with Crippen LogP contribution in [0.1, 0.15) is 114 Å². The second kappa shape index (κ2) is 15.6. The molecule has 2 atom stereocenters. The van der Waals surface area contributed by atoms with Gasteiger partial charge >= 0.3 is 0 Å². The predicted octanol–water partition coefficient (Wildman–Crippen LogP) is 9.26. The fourth-order valence-electron chi connectivity index (χ4n) is 4.66. The molecule has 5 nitrogen and oxygen atoms in total. The molecule has 0 aliphatic rings. The van der Waals surface area contributed by atoms with Gasteiger partial charge in [-0.1, -0.05) is 66.7 Å². The van der Waals surface area contributed by atoms with Gasteiger partial charge in [0.15, 0.2) is 0 Å². The third-order valence-electron chi connectivity index (χ3n) is 7.32. The van der Waals surface area contributed by atoms with Crippen LogP contribution in [0.15, 0.2) is 54.6 Å². The summed E-state index contributed by atoms with van der Waals surface area (Å²) in [5, 5.41) is 0. The van der Waals surface area contributed by atoms with Gasteiger partial charge in [-0.15, -0.1) is 0 Å². The van der Waals surface area contributed by atoms with Gasteiger partial charge < -0.3 is 14.2 Å². The largest absolute Gasteiger partial charge is 0.493 e. The van der Waals surface area contributed by atoms with Crippen molar-refractivity contribution >= 4 is 0 Å². The SMILES string of the molecule is Cc1ccc(OCCC(CCC(C)c2cccc(OCCC(C)C)n2)Oc2cccc(C(C)C)n2)cc1C(C)C. The molecule has 2 heterocycles. The van der Waals surface area contributed by atoms with E-state index < -0.39 is 0 Å². The Kier molecular flexibility index (Phi) is 12.3. The van der Waals surface area contributed by atoms with E-state index in [4.69, 9.17) is 24.2 Å². The van der Waals surface area contributed by atoms with Crippen LogP contribution >= 0.6 is 0 Å². The summed E-state index contributed by atoms with van der Waals surface area (Å²) in [6.07, 6.45) is 3.60. The van der Waals surface area contributed by atoms with E-state index >= 15 is 0 Å². The normalized spacial score (nSPS) is 13.1. The van der Waals surface area contributed by atoms with Gasteiger partial charge in [-0.2, -0.15) is 0 Å². The minimum Gasteiger partial charge on any atom is -0.493 e. The van der Waals surface area contributed by atoms with Crippen molar-refractivity contribution in [2.75, 3.05) is 13.2 Å². The molecule has 218 valence electrons. The minimum absolute atomic E-state index is 0.0159. The maximum absolute atomic E-state index is 6.47. The Morgan fingerprint density at radius 3 is 2.02 bits per heavy atom. The van der Waals surface area contributed by atoms with Crippen molar-refractivity contribution in [1.29, 1.82) is 0 Å². The monoisotopic (exact) mass is 546 g/mol. The molecule has 5 heteroatoms. The number of aromatic nitrogens is 2. The van der Waals surface area contributed by atoms with Gasteiger partial charge in [0.2, 0.25) is 11.8 Å². The summed E-state index contributed by atoms with van der Waals surface area (Å²) in [6, 6.07) is 18.5. The molecule has 3 rings (SSSR count). The van der Waals surface area contributed by atoms with E-state index in [9.17, 15) is 0 Å². The van der Waals surface area contributed by atoms with Gasteiger partial charge in [0.25, 0.3) is 0 Å². The molecule has 0 saturated heterocycles. The van der Waals surface area contributed by atoms with Crippen LogP contribution in [0.5, 0.6) is 17.5 Å². The molecule has 2 unspecified atom stereocenters. The predicted molar refractivity (Wildman–Crippen MR) is 165 cm³/mol. The molecular weight excluding hydrogens is 496 g/mol. The van der Waals surface area contributed by atoms with Crippen LogP contribution in [-0.4, -0.2) is 29.3 Å². The maximum Gasteiger partial charge on any atom is 0.213 e. The van der Waals surface area contributed by atoms with Crippen LogP contribution in [-0.2, 0) is 0 Å². The molecule has 1 aromatic carbocycles. The maximum atomic E-state index is 6.47. The van der Waals surface area contributed by atoms with Gasteiger partial charge in [0.1, 0.15) is 11.9 Å². The summed E-state index contributed by atoms with van der Waals surface area (Å²) < 4.78 is 18.6. The zero-order valence-corrected chi connectivity index (χ0v) is 25.9. The highest BCUT2D eigenvalue weighted by Gasteiger charge is 2.17. The van der Waals surface area contributed by atoms with E-state index in [1.54, 1.807) is 0 Å². The van der Waals surface area contributed by atoms with Gasteiger partial charge in [-0.25, -0.2) is 9.97 Å². The summed E-state index contributed by atoms with van der Waals surface area (Å²) in [7, 11) is 0. The van der Waals surface area contributed by atoms with Crippen LogP contribution < -0.4 is 14.2 Å². The van der Waals surface area contributed by atoms with E-state index in [-0.39, 0.29) is 12.0 Å². The minimum atomic E-state index is -0.0159. The second-order valence-electron chi connectivity index (χ2n) is 12.0. The van der Waals surface area contributed by atoms with Crippen molar-refractivity contribution in [3.63, 3.8) is 0 Å². The molecule has 0 aliphatic carbocycles. The number of aryl methyl sites for hydroxylation is 1. The molecule has 0 fully saturated rings. The molecule has 0 aliphatic heterocycles. The van der Waals surface area contributed by atoms with Crippen molar-refractivity contribution in [1.82, 2.24) is 9.97 Å². The van der Waals surface area contributed by atoms with Crippen LogP contribution in [0, 0.1) is 12.8 Å². The Morgan fingerprint density at radius 1 is 0.650 bits per heavy atom. The Bertz CT molecular complexity index is 1170. The van der Waals surface area contributed by atoms with Crippen molar-refractivity contribution in [2.45, 2.75) is 105 Å². The molecule has 2 aromatic heterocycles. The van der Waals surface area contributed by atoms with Crippen LogP contribution in [0.4, 0.5) is 0 Å². The molecule has 3 aromatic rings. The number of benzene rings is 1. The number of ether oxygens (including phenoxy) is 3.